The lowest BCUT2D eigenvalue weighted by molar-refractivity contribution is 0.0949. The number of nitrogens with zero attached hydrogens (tertiary/aromatic N) is 3. The number of fused-ring (bicyclic) bond motifs is 1. The van der Waals surface area contributed by atoms with E-state index in [9.17, 15) is 4.79 Å². The number of carbonyl (C=O) groups is 1. The van der Waals surface area contributed by atoms with Crippen molar-refractivity contribution >= 4 is 16.8 Å². The molecule has 0 spiro atoms. The van der Waals surface area contributed by atoms with Crippen molar-refractivity contribution in [3.05, 3.63) is 144 Å². The summed E-state index contributed by atoms with van der Waals surface area (Å²) in [6.07, 6.45) is 6.74. The van der Waals surface area contributed by atoms with Crippen molar-refractivity contribution in [2.45, 2.75) is 25.9 Å². The molecule has 1 amide bonds. The van der Waals surface area contributed by atoms with Crippen LogP contribution >= 0.6 is 0 Å². The fraction of sp³-hybridized carbons (Fsp3) is 0.171. The van der Waals surface area contributed by atoms with Gasteiger partial charge in [-0.15, -0.1) is 0 Å². The molecule has 0 unspecified atom stereocenters. The first-order valence-electron chi connectivity index (χ1n) is 14.4. The topological polar surface area (TPSA) is 96.3 Å². The Bertz CT molecular complexity index is 1760. The number of aromatic amines is 1. The second kappa shape index (κ2) is 13.6. The number of nitrogens with one attached hydrogen (secondary N) is 2. The third kappa shape index (κ3) is 7.55. The summed E-state index contributed by atoms with van der Waals surface area (Å²) in [5, 5.41) is 4.13. The van der Waals surface area contributed by atoms with Gasteiger partial charge in [-0.1, -0.05) is 54.6 Å². The first-order chi connectivity index (χ1) is 21.2. The molecule has 3 aromatic carbocycles. The van der Waals surface area contributed by atoms with Gasteiger partial charge in [-0.3, -0.25) is 14.7 Å². The minimum Gasteiger partial charge on any atom is -0.457 e. The fourth-order valence-corrected chi connectivity index (χ4v) is 5.04. The third-order valence-corrected chi connectivity index (χ3v) is 7.19. The standard InChI is InChI=1S/C35H33N5O3/c41-35(37-19-16-28-10-6-7-18-36-28)33-25-42-34(39-33)24-40(20-17-27-22-38-32-15-5-4-14-31(27)32)23-26-9-8-13-30(21-26)43-29-11-2-1-3-12-29/h1-15,18,21-22,25,38H,16-17,19-20,23-24H2,(H,37,41). The predicted octanol–water partition coefficient (Wildman–Crippen LogP) is 6.56. The maximum Gasteiger partial charge on any atom is 0.273 e. The highest BCUT2D eigenvalue weighted by Gasteiger charge is 2.16. The molecule has 3 heterocycles. The van der Waals surface area contributed by atoms with E-state index < -0.39 is 0 Å². The second-order valence-corrected chi connectivity index (χ2v) is 10.3. The van der Waals surface area contributed by atoms with Crippen LogP contribution < -0.4 is 10.1 Å². The van der Waals surface area contributed by atoms with Crippen molar-refractivity contribution in [3.63, 3.8) is 0 Å². The van der Waals surface area contributed by atoms with Gasteiger partial charge in [0.1, 0.15) is 17.8 Å². The lowest BCUT2D eigenvalue weighted by Crippen LogP contribution is -2.27. The highest BCUT2D eigenvalue weighted by molar-refractivity contribution is 5.91. The van der Waals surface area contributed by atoms with Crippen LogP contribution in [0.2, 0.25) is 0 Å². The van der Waals surface area contributed by atoms with E-state index in [4.69, 9.17) is 9.15 Å². The summed E-state index contributed by atoms with van der Waals surface area (Å²) >= 11 is 0. The van der Waals surface area contributed by atoms with Crippen LogP contribution in [-0.4, -0.2) is 38.8 Å². The molecule has 2 N–H and O–H groups in total. The Morgan fingerprint density at radius 3 is 2.60 bits per heavy atom. The number of para-hydroxylation sites is 2. The zero-order valence-electron chi connectivity index (χ0n) is 23.8. The van der Waals surface area contributed by atoms with E-state index in [2.05, 4.69) is 61.7 Å². The van der Waals surface area contributed by atoms with Crippen molar-refractivity contribution in [1.29, 1.82) is 0 Å². The Hall–Kier alpha value is -5.21. The SMILES string of the molecule is O=C(NCCc1ccccn1)c1coc(CN(CCc2c[nH]c3ccccc23)Cc2cccc(Oc3ccccc3)c2)n1. The van der Waals surface area contributed by atoms with Crippen LogP contribution in [0.5, 0.6) is 11.5 Å². The summed E-state index contributed by atoms with van der Waals surface area (Å²) in [5.41, 5.74) is 4.67. The zero-order chi connectivity index (χ0) is 29.3. The van der Waals surface area contributed by atoms with E-state index in [1.165, 1.54) is 17.2 Å². The molecule has 0 aliphatic heterocycles. The smallest absolute Gasteiger partial charge is 0.273 e. The van der Waals surface area contributed by atoms with Gasteiger partial charge < -0.3 is 19.5 Å². The number of aromatic nitrogens is 3. The predicted molar refractivity (Wildman–Crippen MR) is 166 cm³/mol. The average Bonchev–Trinajstić information content (AvgIpc) is 3.68. The van der Waals surface area contributed by atoms with Crippen molar-refractivity contribution in [3.8, 4) is 11.5 Å². The highest BCUT2D eigenvalue weighted by atomic mass is 16.5. The molecule has 8 heteroatoms. The monoisotopic (exact) mass is 571 g/mol. The molecule has 6 rings (SSSR count). The van der Waals surface area contributed by atoms with Gasteiger partial charge in [-0.05, 0) is 60.0 Å². The first kappa shape index (κ1) is 27.9. The molecule has 6 aromatic rings. The van der Waals surface area contributed by atoms with Gasteiger partial charge in [0.05, 0.1) is 6.54 Å². The fourth-order valence-electron chi connectivity index (χ4n) is 5.04. The number of pyridine rings is 1. The van der Waals surface area contributed by atoms with Crippen molar-refractivity contribution < 1.29 is 13.9 Å². The summed E-state index contributed by atoms with van der Waals surface area (Å²) in [7, 11) is 0. The molecule has 0 bridgehead atoms. The maximum absolute atomic E-state index is 12.7. The Morgan fingerprint density at radius 1 is 0.884 bits per heavy atom. The number of amides is 1. The Morgan fingerprint density at radius 2 is 1.72 bits per heavy atom. The second-order valence-electron chi connectivity index (χ2n) is 10.3. The molecular formula is C35H33N5O3. The number of H-pyrrole nitrogens is 1. The molecule has 0 atom stereocenters. The van der Waals surface area contributed by atoms with Gasteiger partial charge in [0, 0.05) is 55.0 Å². The van der Waals surface area contributed by atoms with Crippen LogP contribution in [0.1, 0.15) is 33.2 Å². The number of benzene rings is 3. The Kier molecular flexibility index (Phi) is 8.86. The minimum atomic E-state index is -0.262. The third-order valence-electron chi connectivity index (χ3n) is 7.19. The van der Waals surface area contributed by atoms with Crippen LogP contribution in [0.15, 0.2) is 120 Å². The Labute approximate surface area is 250 Å². The van der Waals surface area contributed by atoms with E-state index in [0.29, 0.717) is 31.9 Å². The van der Waals surface area contributed by atoms with Crippen molar-refractivity contribution in [2.75, 3.05) is 13.1 Å². The van der Waals surface area contributed by atoms with Crippen LogP contribution in [-0.2, 0) is 25.9 Å². The summed E-state index contributed by atoms with van der Waals surface area (Å²) < 4.78 is 11.8. The first-order valence-corrected chi connectivity index (χ1v) is 14.4. The van der Waals surface area contributed by atoms with E-state index >= 15 is 0 Å². The van der Waals surface area contributed by atoms with Gasteiger partial charge in [-0.25, -0.2) is 4.98 Å². The molecule has 0 aliphatic carbocycles. The van der Waals surface area contributed by atoms with Gasteiger partial charge in [0.25, 0.3) is 5.91 Å². The lowest BCUT2D eigenvalue weighted by Gasteiger charge is -2.21. The molecule has 3 aromatic heterocycles. The molecular weight excluding hydrogens is 538 g/mol. The maximum atomic E-state index is 12.7. The Balaban J connectivity index is 1.14. The summed E-state index contributed by atoms with van der Waals surface area (Å²) in [6, 6.07) is 31.9. The number of rotatable bonds is 13. The van der Waals surface area contributed by atoms with E-state index in [1.807, 2.05) is 66.7 Å². The van der Waals surface area contributed by atoms with Gasteiger partial charge in [0.15, 0.2) is 5.69 Å². The molecule has 43 heavy (non-hydrogen) atoms. The lowest BCUT2D eigenvalue weighted by atomic mass is 10.1. The number of ether oxygens (including phenoxy) is 1. The highest BCUT2D eigenvalue weighted by Crippen LogP contribution is 2.24. The average molecular weight is 572 g/mol. The summed E-state index contributed by atoms with van der Waals surface area (Å²) in [4.78, 5) is 27.2. The van der Waals surface area contributed by atoms with Crippen molar-refractivity contribution in [1.82, 2.24) is 25.2 Å². The summed E-state index contributed by atoms with van der Waals surface area (Å²) in [6.45, 7) is 2.34. The van der Waals surface area contributed by atoms with Crippen LogP contribution in [0.3, 0.4) is 0 Å². The van der Waals surface area contributed by atoms with E-state index in [-0.39, 0.29) is 11.6 Å². The largest absolute Gasteiger partial charge is 0.457 e. The van der Waals surface area contributed by atoms with E-state index in [1.54, 1.807) is 6.20 Å². The molecule has 0 fully saturated rings. The van der Waals surface area contributed by atoms with Crippen LogP contribution in [0.4, 0.5) is 0 Å². The molecule has 0 saturated carbocycles. The van der Waals surface area contributed by atoms with Gasteiger partial charge in [0.2, 0.25) is 5.89 Å². The van der Waals surface area contributed by atoms with Crippen LogP contribution in [0, 0.1) is 0 Å². The van der Waals surface area contributed by atoms with Gasteiger partial charge in [-0.2, -0.15) is 0 Å². The number of carbonyl (C=O) groups excluding carboxylic acids is 1. The molecule has 0 radical (unpaired) electrons. The van der Waals surface area contributed by atoms with Crippen molar-refractivity contribution in [2.24, 2.45) is 0 Å². The summed E-state index contributed by atoms with van der Waals surface area (Å²) in [5.74, 6) is 1.80. The molecule has 8 nitrogen and oxygen atoms in total. The van der Waals surface area contributed by atoms with Crippen LogP contribution in [0.25, 0.3) is 10.9 Å². The van der Waals surface area contributed by atoms with Gasteiger partial charge >= 0.3 is 0 Å². The quantitative estimate of drug-likeness (QED) is 0.163. The molecule has 216 valence electrons. The van der Waals surface area contributed by atoms with E-state index in [0.717, 1.165) is 41.2 Å². The minimum absolute atomic E-state index is 0.262. The zero-order valence-corrected chi connectivity index (χ0v) is 23.8. The molecule has 0 saturated heterocycles. The number of hydrogen-bond donors (Lipinski definition) is 2. The number of hydrogen-bond acceptors (Lipinski definition) is 6. The number of oxazole rings is 1. The normalized spacial score (nSPS) is 11.2. The molecule has 0 aliphatic rings.